The zero-order valence-electron chi connectivity index (χ0n) is 37.9. The molecule has 0 aliphatic heterocycles. The van der Waals surface area contributed by atoms with Crippen LogP contribution in [0.3, 0.4) is 0 Å². The van der Waals surface area contributed by atoms with Crippen LogP contribution < -0.4 is 0 Å². The van der Waals surface area contributed by atoms with Gasteiger partial charge in [0.2, 0.25) is 0 Å². The summed E-state index contributed by atoms with van der Waals surface area (Å²) in [7, 11) is 0. The van der Waals surface area contributed by atoms with Crippen LogP contribution in [0.15, 0.2) is 12.2 Å². The predicted molar refractivity (Wildman–Crippen MR) is 244 cm³/mol. The molecule has 0 heterocycles. The molecular formula is C52H102O2. The molecule has 0 aliphatic rings. The summed E-state index contributed by atoms with van der Waals surface area (Å²) in [5.41, 5.74) is 0. The molecule has 0 aromatic carbocycles. The summed E-state index contributed by atoms with van der Waals surface area (Å²) < 4.78 is 5.47. The highest BCUT2D eigenvalue weighted by molar-refractivity contribution is 5.69. The average Bonchev–Trinajstić information content (AvgIpc) is 3.16. The highest BCUT2D eigenvalue weighted by Crippen LogP contribution is 2.18. The Morgan fingerprint density at radius 3 is 0.981 bits per heavy atom. The summed E-state index contributed by atoms with van der Waals surface area (Å²) >= 11 is 0. The first kappa shape index (κ1) is 53.2. The van der Waals surface area contributed by atoms with Crippen LogP contribution in [0.4, 0.5) is 0 Å². The van der Waals surface area contributed by atoms with E-state index in [-0.39, 0.29) is 5.97 Å². The van der Waals surface area contributed by atoms with Gasteiger partial charge in [0.05, 0.1) is 6.61 Å². The van der Waals surface area contributed by atoms with Gasteiger partial charge in [0, 0.05) is 6.42 Å². The Labute approximate surface area is 342 Å². The predicted octanol–water partition coefficient (Wildman–Crippen LogP) is 18.9. The lowest BCUT2D eigenvalue weighted by molar-refractivity contribution is -0.143. The van der Waals surface area contributed by atoms with Crippen LogP contribution in [0.5, 0.6) is 0 Å². The molecule has 0 radical (unpaired) electrons. The number of rotatable bonds is 47. The fourth-order valence-electron chi connectivity index (χ4n) is 8.03. The van der Waals surface area contributed by atoms with Crippen molar-refractivity contribution in [1.82, 2.24) is 0 Å². The van der Waals surface area contributed by atoms with E-state index in [9.17, 15) is 4.79 Å². The van der Waals surface area contributed by atoms with E-state index in [0.717, 1.165) is 25.2 Å². The van der Waals surface area contributed by atoms with Gasteiger partial charge in [0.1, 0.15) is 0 Å². The van der Waals surface area contributed by atoms with Crippen LogP contribution in [-0.4, -0.2) is 12.6 Å². The lowest BCUT2D eigenvalue weighted by atomic mass is 10.0. The summed E-state index contributed by atoms with van der Waals surface area (Å²) in [5, 5.41) is 0. The second-order valence-electron chi connectivity index (χ2n) is 18.0. The maximum atomic E-state index is 12.0. The largest absolute Gasteiger partial charge is 0.466 e. The Hall–Kier alpha value is -0.790. The van der Waals surface area contributed by atoms with Crippen molar-refractivity contribution < 1.29 is 9.53 Å². The van der Waals surface area contributed by atoms with Crippen LogP contribution in [0.1, 0.15) is 303 Å². The number of carbonyl (C=O) groups excluding carboxylic acids is 1. The van der Waals surface area contributed by atoms with E-state index in [1.54, 1.807) is 0 Å². The molecule has 0 aromatic heterocycles. The number of unbranched alkanes of at least 4 members (excludes halogenated alkanes) is 39. The number of esters is 1. The first-order valence-corrected chi connectivity index (χ1v) is 25.5. The van der Waals surface area contributed by atoms with Crippen molar-refractivity contribution in [2.75, 3.05) is 6.61 Å². The highest BCUT2D eigenvalue weighted by Gasteiger charge is 2.03. The summed E-state index contributed by atoms with van der Waals surface area (Å²) in [6.45, 7) is 7.60. The summed E-state index contributed by atoms with van der Waals surface area (Å²) in [6.07, 6.45) is 65.0. The maximum Gasteiger partial charge on any atom is 0.305 e. The SMILES string of the molecule is CCCCCC/C=C\CCCCCCCC(=O)OCCCCCCCCCCCCCCCCCCCCCCCCCCCCCCCCCC(C)C. The zero-order chi connectivity index (χ0) is 39.1. The van der Waals surface area contributed by atoms with E-state index in [0.29, 0.717) is 13.0 Å². The molecule has 0 spiro atoms. The van der Waals surface area contributed by atoms with Crippen LogP contribution >= 0.6 is 0 Å². The second kappa shape index (κ2) is 48.4. The number of allylic oxidation sites excluding steroid dienone is 2. The molecule has 2 nitrogen and oxygen atoms in total. The second-order valence-corrected chi connectivity index (χ2v) is 18.0. The van der Waals surface area contributed by atoms with Crippen molar-refractivity contribution in [1.29, 1.82) is 0 Å². The molecule has 322 valence electrons. The average molecular weight is 759 g/mol. The fourth-order valence-corrected chi connectivity index (χ4v) is 8.03. The molecule has 0 aliphatic carbocycles. The summed E-state index contributed by atoms with van der Waals surface area (Å²) in [5.74, 6) is 0.909. The standard InChI is InChI=1S/C52H102O2/c1-4-5-6-7-8-9-10-30-34-37-40-43-46-49-52(53)54-50-47-44-41-38-35-32-29-27-25-23-21-19-17-15-13-11-12-14-16-18-20-22-24-26-28-31-33-36-39-42-45-48-51(2)3/h9-10,51H,4-8,11-50H2,1-3H3/b10-9-. The van der Waals surface area contributed by atoms with Gasteiger partial charge in [-0.05, 0) is 44.4 Å². The lowest BCUT2D eigenvalue weighted by Gasteiger charge is -2.06. The number of ether oxygens (including phenoxy) is 1. The van der Waals surface area contributed by atoms with Gasteiger partial charge in [0.15, 0.2) is 0 Å². The van der Waals surface area contributed by atoms with E-state index in [1.807, 2.05) is 0 Å². The van der Waals surface area contributed by atoms with Gasteiger partial charge in [0.25, 0.3) is 0 Å². The topological polar surface area (TPSA) is 26.3 Å². The van der Waals surface area contributed by atoms with Crippen molar-refractivity contribution in [3.63, 3.8) is 0 Å². The number of hydrogen-bond donors (Lipinski definition) is 0. The molecule has 0 bridgehead atoms. The van der Waals surface area contributed by atoms with Gasteiger partial charge in [-0.1, -0.05) is 270 Å². The lowest BCUT2D eigenvalue weighted by Crippen LogP contribution is -2.05. The van der Waals surface area contributed by atoms with Crippen LogP contribution in [0.2, 0.25) is 0 Å². The van der Waals surface area contributed by atoms with E-state index in [4.69, 9.17) is 4.74 Å². The monoisotopic (exact) mass is 759 g/mol. The van der Waals surface area contributed by atoms with E-state index in [2.05, 4.69) is 32.9 Å². The third kappa shape index (κ3) is 49.2. The quantitative estimate of drug-likeness (QED) is 0.0351. The van der Waals surface area contributed by atoms with Gasteiger partial charge in [-0.15, -0.1) is 0 Å². The minimum absolute atomic E-state index is 0.0202. The summed E-state index contributed by atoms with van der Waals surface area (Å²) in [4.78, 5) is 12.0. The normalized spacial score (nSPS) is 11.8. The summed E-state index contributed by atoms with van der Waals surface area (Å²) in [6, 6.07) is 0. The van der Waals surface area contributed by atoms with Crippen LogP contribution in [0, 0.1) is 5.92 Å². The van der Waals surface area contributed by atoms with Gasteiger partial charge < -0.3 is 4.74 Å². The molecule has 0 saturated carbocycles. The molecule has 0 rings (SSSR count). The molecular weight excluding hydrogens is 657 g/mol. The molecule has 0 saturated heterocycles. The first-order chi connectivity index (χ1) is 26.7. The van der Waals surface area contributed by atoms with Crippen molar-refractivity contribution in [2.24, 2.45) is 5.92 Å². The van der Waals surface area contributed by atoms with E-state index >= 15 is 0 Å². The molecule has 0 fully saturated rings. The van der Waals surface area contributed by atoms with Gasteiger partial charge in [-0.25, -0.2) is 0 Å². The van der Waals surface area contributed by atoms with Gasteiger partial charge in [-0.3, -0.25) is 4.79 Å². The highest BCUT2D eigenvalue weighted by atomic mass is 16.5. The van der Waals surface area contributed by atoms with Crippen molar-refractivity contribution in [2.45, 2.75) is 303 Å². The molecule has 0 unspecified atom stereocenters. The molecule has 0 N–H and O–H groups in total. The van der Waals surface area contributed by atoms with Crippen LogP contribution in [0.25, 0.3) is 0 Å². The minimum Gasteiger partial charge on any atom is -0.466 e. The molecule has 54 heavy (non-hydrogen) atoms. The van der Waals surface area contributed by atoms with Crippen molar-refractivity contribution in [3.8, 4) is 0 Å². The Bertz CT molecular complexity index is 711. The van der Waals surface area contributed by atoms with E-state index in [1.165, 1.54) is 257 Å². The fraction of sp³-hybridized carbons (Fsp3) is 0.942. The van der Waals surface area contributed by atoms with Crippen molar-refractivity contribution >= 4 is 5.97 Å². The zero-order valence-corrected chi connectivity index (χ0v) is 37.9. The van der Waals surface area contributed by atoms with Crippen LogP contribution in [-0.2, 0) is 9.53 Å². The van der Waals surface area contributed by atoms with E-state index < -0.39 is 0 Å². The third-order valence-electron chi connectivity index (χ3n) is 11.8. The Kier molecular flexibility index (Phi) is 47.7. The molecule has 0 atom stereocenters. The van der Waals surface area contributed by atoms with Gasteiger partial charge in [-0.2, -0.15) is 0 Å². The Morgan fingerprint density at radius 1 is 0.370 bits per heavy atom. The number of hydrogen-bond acceptors (Lipinski definition) is 2. The maximum absolute atomic E-state index is 12.0. The Balaban J connectivity index is 3.14. The third-order valence-corrected chi connectivity index (χ3v) is 11.8. The minimum atomic E-state index is 0.0202. The first-order valence-electron chi connectivity index (χ1n) is 25.5. The molecule has 0 amide bonds. The van der Waals surface area contributed by atoms with Gasteiger partial charge >= 0.3 is 5.97 Å². The van der Waals surface area contributed by atoms with Crippen molar-refractivity contribution in [3.05, 3.63) is 12.2 Å². The Morgan fingerprint density at radius 2 is 0.648 bits per heavy atom. The molecule has 2 heteroatoms. The molecule has 0 aromatic rings. The smallest absolute Gasteiger partial charge is 0.305 e. The number of carbonyl (C=O) groups is 1.